The summed E-state index contributed by atoms with van der Waals surface area (Å²) in [5.41, 5.74) is 5.20. The maximum Gasteiger partial charge on any atom is 0.220 e. The lowest BCUT2D eigenvalue weighted by molar-refractivity contribution is -0.123. The third kappa shape index (κ3) is 11.7. The standard InChI is InChI=1S/C8H16N2O.3C2H6/c1-2-10-5-3-7(4-6-10)8(9)11;3*1-2/h7H,2-6H2,1H3,(H2,9,11);3*1-2H3. The van der Waals surface area contributed by atoms with E-state index in [0.717, 1.165) is 32.5 Å². The Morgan fingerprint density at radius 3 is 1.65 bits per heavy atom. The highest BCUT2D eigenvalue weighted by Gasteiger charge is 2.21. The van der Waals surface area contributed by atoms with E-state index in [9.17, 15) is 4.79 Å². The molecule has 0 bridgehead atoms. The van der Waals surface area contributed by atoms with Gasteiger partial charge in [-0.1, -0.05) is 48.5 Å². The molecule has 0 radical (unpaired) electrons. The van der Waals surface area contributed by atoms with E-state index >= 15 is 0 Å². The Hall–Kier alpha value is -0.570. The molecule has 2 N–H and O–H groups in total. The minimum atomic E-state index is -0.124. The van der Waals surface area contributed by atoms with Crippen molar-refractivity contribution in [2.45, 2.75) is 61.3 Å². The normalized spacial score (nSPS) is 15.2. The summed E-state index contributed by atoms with van der Waals surface area (Å²) >= 11 is 0. The molecule has 0 spiro atoms. The summed E-state index contributed by atoms with van der Waals surface area (Å²) in [5, 5.41) is 0. The SMILES string of the molecule is CC.CC.CC.CCN1CCC(C(N)=O)CC1. The first-order chi connectivity index (χ1) is 8.24. The molecule has 1 aliphatic rings. The van der Waals surface area contributed by atoms with E-state index in [0.29, 0.717) is 0 Å². The van der Waals surface area contributed by atoms with Crippen LogP contribution < -0.4 is 5.73 Å². The smallest absolute Gasteiger partial charge is 0.220 e. The van der Waals surface area contributed by atoms with Crippen molar-refractivity contribution in [3.63, 3.8) is 0 Å². The van der Waals surface area contributed by atoms with Gasteiger partial charge in [0.1, 0.15) is 0 Å². The number of primary amides is 1. The third-order valence-electron chi connectivity index (χ3n) is 2.44. The zero-order valence-corrected chi connectivity index (χ0v) is 13.0. The quantitative estimate of drug-likeness (QED) is 0.812. The van der Waals surface area contributed by atoms with Gasteiger partial charge in [0.15, 0.2) is 0 Å². The average Bonchev–Trinajstić information content (AvgIpc) is 2.45. The van der Waals surface area contributed by atoms with Gasteiger partial charge < -0.3 is 10.6 Å². The van der Waals surface area contributed by atoms with E-state index in [-0.39, 0.29) is 11.8 Å². The molecule has 0 aromatic carbocycles. The van der Waals surface area contributed by atoms with Gasteiger partial charge in [-0.25, -0.2) is 0 Å². The highest BCUT2D eigenvalue weighted by atomic mass is 16.1. The van der Waals surface area contributed by atoms with Crippen LogP contribution in [0.25, 0.3) is 0 Å². The van der Waals surface area contributed by atoms with Crippen molar-refractivity contribution in [3.05, 3.63) is 0 Å². The molecule has 0 atom stereocenters. The molecule has 106 valence electrons. The molecule has 0 aromatic heterocycles. The first kappa shape index (κ1) is 21.7. The Labute approximate surface area is 109 Å². The van der Waals surface area contributed by atoms with E-state index in [4.69, 9.17) is 5.73 Å². The van der Waals surface area contributed by atoms with Crippen LogP contribution in [-0.4, -0.2) is 30.4 Å². The monoisotopic (exact) mass is 246 g/mol. The Morgan fingerprint density at radius 2 is 1.41 bits per heavy atom. The van der Waals surface area contributed by atoms with Gasteiger partial charge in [-0.15, -0.1) is 0 Å². The summed E-state index contributed by atoms with van der Waals surface area (Å²) in [6.45, 7) is 17.3. The fourth-order valence-corrected chi connectivity index (χ4v) is 1.53. The highest BCUT2D eigenvalue weighted by Crippen LogP contribution is 2.15. The van der Waals surface area contributed by atoms with Gasteiger partial charge in [-0.05, 0) is 32.5 Å². The molecule has 1 aliphatic heterocycles. The van der Waals surface area contributed by atoms with Crippen molar-refractivity contribution in [1.29, 1.82) is 0 Å². The molecule has 0 unspecified atom stereocenters. The lowest BCUT2D eigenvalue weighted by atomic mass is 9.96. The lowest BCUT2D eigenvalue weighted by Crippen LogP contribution is -2.38. The van der Waals surface area contributed by atoms with Crippen LogP contribution in [0.5, 0.6) is 0 Å². The Bertz CT molecular complexity index is 141. The molecule has 1 rings (SSSR count). The molecule has 1 heterocycles. The third-order valence-corrected chi connectivity index (χ3v) is 2.44. The van der Waals surface area contributed by atoms with Crippen LogP contribution in [0.3, 0.4) is 0 Å². The molecule has 1 fully saturated rings. The maximum absolute atomic E-state index is 10.8. The molecule has 0 aromatic rings. The minimum absolute atomic E-state index is 0.124. The van der Waals surface area contributed by atoms with Crippen LogP contribution in [0.1, 0.15) is 61.3 Å². The second-order valence-corrected chi connectivity index (χ2v) is 3.11. The van der Waals surface area contributed by atoms with E-state index in [1.54, 1.807) is 0 Å². The highest BCUT2D eigenvalue weighted by molar-refractivity contribution is 5.76. The second-order valence-electron chi connectivity index (χ2n) is 3.11. The topological polar surface area (TPSA) is 46.3 Å². The van der Waals surface area contributed by atoms with Crippen molar-refractivity contribution < 1.29 is 4.79 Å². The maximum atomic E-state index is 10.8. The number of piperidine rings is 1. The molecule has 0 aliphatic carbocycles. The predicted octanol–water partition coefficient (Wildman–Crippen LogP) is 3.28. The zero-order chi connectivity index (χ0) is 14.3. The molecule has 1 saturated heterocycles. The van der Waals surface area contributed by atoms with Crippen LogP contribution in [0.4, 0.5) is 0 Å². The number of rotatable bonds is 2. The van der Waals surface area contributed by atoms with E-state index in [1.165, 1.54) is 0 Å². The second kappa shape index (κ2) is 17.8. The molecular formula is C14H34N2O. The fourth-order valence-electron chi connectivity index (χ4n) is 1.53. The average molecular weight is 246 g/mol. The van der Waals surface area contributed by atoms with Gasteiger partial charge in [0.2, 0.25) is 5.91 Å². The van der Waals surface area contributed by atoms with E-state index < -0.39 is 0 Å². The van der Waals surface area contributed by atoms with Crippen LogP contribution >= 0.6 is 0 Å². The first-order valence-electron chi connectivity index (χ1n) is 7.25. The molecule has 0 saturated carbocycles. The van der Waals surface area contributed by atoms with Gasteiger partial charge in [-0.2, -0.15) is 0 Å². The number of hydrogen-bond acceptors (Lipinski definition) is 2. The van der Waals surface area contributed by atoms with Gasteiger partial charge in [0.05, 0.1) is 0 Å². The van der Waals surface area contributed by atoms with Gasteiger partial charge in [0, 0.05) is 5.92 Å². The van der Waals surface area contributed by atoms with Gasteiger partial charge in [0.25, 0.3) is 0 Å². The summed E-state index contributed by atoms with van der Waals surface area (Å²) in [6, 6.07) is 0. The van der Waals surface area contributed by atoms with Crippen LogP contribution in [-0.2, 0) is 4.79 Å². The minimum Gasteiger partial charge on any atom is -0.369 e. The first-order valence-corrected chi connectivity index (χ1v) is 7.25. The summed E-state index contributed by atoms with van der Waals surface area (Å²) < 4.78 is 0. The van der Waals surface area contributed by atoms with Crippen LogP contribution in [0, 0.1) is 5.92 Å². The van der Waals surface area contributed by atoms with Crippen molar-refractivity contribution in [2.24, 2.45) is 11.7 Å². The van der Waals surface area contributed by atoms with E-state index in [1.807, 2.05) is 41.5 Å². The van der Waals surface area contributed by atoms with Gasteiger partial charge >= 0.3 is 0 Å². The summed E-state index contributed by atoms with van der Waals surface area (Å²) in [4.78, 5) is 13.1. The molecule has 1 amide bonds. The predicted molar refractivity (Wildman–Crippen MR) is 78.1 cm³/mol. The van der Waals surface area contributed by atoms with Crippen LogP contribution in [0.15, 0.2) is 0 Å². The van der Waals surface area contributed by atoms with Gasteiger partial charge in [-0.3, -0.25) is 4.79 Å². The number of carbonyl (C=O) groups excluding carboxylic acids is 1. The number of nitrogens with zero attached hydrogens (tertiary/aromatic N) is 1. The number of nitrogens with two attached hydrogens (primary N) is 1. The Morgan fingerprint density at radius 1 is 1.06 bits per heavy atom. The zero-order valence-electron chi connectivity index (χ0n) is 13.0. The Balaban J connectivity index is -0.000000285. The number of carbonyl (C=O) groups is 1. The number of amides is 1. The van der Waals surface area contributed by atoms with Crippen molar-refractivity contribution in [1.82, 2.24) is 4.90 Å². The lowest BCUT2D eigenvalue weighted by Gasteiger charge is -2.29. The largest absolute Gasteiger partial charge is 0.369 e. The van der Waals surface area contributed by atoms with Crippen molar-refractivity contribution >= 4 is 5.91 Å². The Kier molecular flexibility index (Phi) is 22.7. The fraction of sp³-hybridized carbons (Fsp3) is 0.929. The van der Waals surface area contributed by atoms with Crippen molar-refractivity contribution in [3.8, 4) is 0 Å². The summed E-state index contributed by atoms with van der Waals surface area (Å²) in [5.74, 6) is 0.0125. The van der Waals surface area contributed by atoms with Crippen LogP contribution in [0.2, 0.25) is 0 Å². The molecule has 3 heteroatoms. The molecular weight excluding hydrogens is 212 g/mol. The summed E-state index contributed by atoms with van der Waals surface area (Å²) in [7, 11) is 0. The van der Waals surface area contributed by atoms with E-state index in [2.05, 4.69) is 11.8 Å². The molecule has 17 heavy (non-hydrogen) atoms. The molecule has 3 nitrogen and oxygen atoms in total. The number of likely N-dealkylation sites (tertiary alicyclic amines) is 1. The summed E-state index contributed by atoms with van der Waals surface area (Å²) in [6.07, 6.45) is 1.90. The number of hydrogen-bond donors (Lipinski definition) is 1. The van der Waals surface area contributed by atoms with Crippen molar-refractivity contribution in [2.75, 3.05) is 19.6 Å².